The molecular weight excluding hydrogens is 388 g/mol. The van der Waals surface area contributed by atoms with Crippen LogP contribution in [0, 0.1) is 11.3 Å². The van der Waals surface area contributed by atoms with E-state index in [1.807, 2.05) is 41.0 Å². The molecule has 0 saturated carbocycles. The molecule has 0 saturated heterocycles. The Balaban J connectivity index is 1.90. The van der Waals surface area contributed by atoms with E-state index in [4.69, 9.17) is 19.9 Å². The van der Waals surface area contributed by atoms with Gasteiger partial charge in [0.2, 0.25) is 12.2 Å². The smallest absolute Gasteiger partial charge is 0.338 e. The molecule has 1 atom stereocenters. The lowest BCUT2D eigenvalue weighted by atomic mass is 9.83. The number of imidazole rings is 1. The van der Waals surface area contributed by atoms with Crippen LogP contribution in [0.25, 0.3) is 0 Å². The van der Waals surface area contributed by atoms with Gasteiger partial charge < -0.3 is 25.1 Å². The summed E-state index contributed by atoms with van der Waals surface area (Å²) in [6.07, 6.45) is 5.61. The first kappa shape index (κ1) is 20.8. The number of nitrogens with two attached hydrogens (primary N) is 1. The van der Waals surface area contributed by atoms with Crippen molar-refractivity contribution < 1.29 is 28.7 Å². The van der Waals surface area contributed by atoms with E-state index in [2.05, 4.69) is 0 Å². The average molecular weight is 411 g/mol. The summed E-state index contributed by atoms with van der Waals surface area (Å²) in [7, 11) is 3.31. The van der Waals surface area contributed by atoms with Crippen molar-refractivity contribution in [3.63, 3.8) is 0 Å². The number of ether oxygens (including phenoxy) is 3. The maximum Gasteiger partial charge on any atom is 0.338 e. The van der Waals surface area contributed by atoms with Gasteiger partial charge in [-0.05, 0) is 24.6 Å². The molecule has 1 aliphatic heterocycles. The lowest BCUT2D eigenvalue weighted by molar-refractivity contribution is -0.671. The lowest BCUT2D eigenvalue weighted by Gasteiger charge is -2.27. The fraction of sp³-hybridized carbons (Fsp3) is 0.286. The summed E-state index contributed by atoms with van der Waals surface area (Å²) in [6.45, 7) is 2.20. The zero-order valence-electron chi connectivity index (χ0n) is 17.0. The highest BCUT2D eigenvalue weighted by atomic mass is 16.5. The van der Waals surface area contributed by atoms with Crippen LogP contribution in [0.3, 0.4) is 0 Å². The number of allylic oxidation sites excluding steroid dienone is 2. The number of carbonyl (C=O) groups is 1. The number of aryl methyl sites for hydroxylation is 1. The van der Waals surface area contributed by atoms with Crippen LogP contribution in [0.15, 0.2) is 59.7 Å². The van der Waals surface area contributed by atoms with Crippen LogP contribution >= 0.6 is 0 Å². The molecule has 0 aliphatic carbocycles. The molecule has 9 heteroatoms. The highest BCUT2D eigenvalue weighted by Gasteiger charge is 2.36. The summed E-state index contributed by atoms with van der Waals surface area (Å²) in [5.41, 5.74) is 6.70. The average Bonchev–Trinajstić information content (AvgIpc) is 3.12. The minimum absolute atomic E-state index is 0.0616. The summed E-state index contributed by atoms with van der Waals surface area (Å²) in [5, 5.41) is 19.6. The molecule has 1 aliphatic rings. The maximum absolute atomic E-state index is 12.9. The largest absolute Gasteiger partial charge is 0.504 e. The predicted molar refractivity (Wildman–Crippen MR) is 105 cm³/mol. The Morgan fingerprint density at radius 2 is 2.23 bits per heavy atom. The number of aromatic hydroxyl groups is 1. The van der Waals surface area contributed by atoms with Gasteiger partial charge in [-0.25, -0.2) is 13.9 Å². The molecule has 1 aromatic carbocycles. The van der Waals surface area contributed by atoms with E-state index < -0.39 is 11.9 Å². The molecule has 2 aromatic rings. The van der Waals surface area contributed by atoms with Gasteiger partial charge in [-0.1, -0.05) is 6.07 Å². The molecule has 156 valence electrons. The molecule has 3 rings (SSSR count). The molecular formula is C21H23N4O5+. The number of methoxy groups -OCH3 is 1. The number of phenols is 1. The van der Waals surface area contributed by atoms with Gasteiger partial charge >= 0.3 is 5.97 Å². The summed E-state index contributed by atoms with van der Waals surface area (Å²) in [5.74, 6) is -1.10. The van der Waals surface area contributed by atoms with Gasteiger partial charge in [0, 0.05) is 0 Å². The van der Waals surface area contributed by atoms with Gasteiger partial charge in [-0.2, -0.15) is 5.26 Å². The highest BCUT2D eigenvalue weighted by molar-refractivity contribution is 5.92. The van der Waals surface area contributed by atoms with E-state index in [1.165, 1.54) is 13.2 Å². The van der Waals surface area contributed by atoms with Crippen LogP contribution < -0.4 is 15.0 Å². The predicted octanol–water partition coefficient (Wildman–Crippen LogP) is 1.35. The minimum atomic E-state index is -0.810. The van der Waals surface area contributed by atoms with Crippen LogP contribution in [-0.4, -0.2) is 29.4 Å². The van der Waals surface area contributed by atoms with E-state index in [9.17, 15) is 15.2 Å². The van der Waals surface area contributed by atoms with Crippen molar-refractivity contribution in [1.29, 1.82) is 5.26 Å². The Labute approximate surface area is 173 Å². The topological polar surface area (TPSA) is 124 Å². The summed E-state index contributed by atoms with van der Waals surface area (Å²) in [4.78, 5) is 12.9. The number of hydrogen-bond donors (Lipinski definition) is 2. The number of nitriles is 1. The van der Waals surface area contributed by atoms with Crippen molar-refractivity contribution in [2.24, 2.45) is 12.8 Å². The second kappa shape index (κ2) is 8.61. The second-order valence-corrected chi connectivity index (χ2v) is 6.78. The zero-order chi connectivity index (χ0) is 21.8. The Morgan fingerprint density at radius 1 is 1.47 bits per heavy atom. The molecule has 0 amide bonds. The van der Waals surface area contributed by atoms with Crippen molar-refractivity contribution in [3.05, 3.63) is 65.3 Å². The van der Waals surface area contributed by atoms with E-state index in [0.717, 1.165) is 0 Å². The quantitative estimate of drug-likeness (QED) is 0.543. The zero-order valence-corrected chi connectivity index (χ0v) is 17.0. The lowest BCUT2D eigenvalue weighted by Crippen LogP contribution is -2.26. The number of phenolic OH excluding ortho intramolecular Hbond substituents is 1. The number of aromatic nitrogens is 2. The molecule has 30 heavy (non-hydrogen) atoms. The van der Waals surface area contributed by atoms with Crippen LogP contribution in [0.2, 0.25) is 0 Å². The van der Waals surface area contributed by atoms with Gasteiger partial charge in [-0.3, -0.25) is 0 Å². The molecule has 2 heterocycles. The van der Waals surface area contributed by atoms with Crippen molar-refractivity contribution in [2.75, 3.05) is 13.7 Å². The number of esters is 1. The number of benzene rings is 1. The second-order valence-electron chi connectivity index (χ2n) is 6.78. The van der Waals surface area contributed by atoms with Crippen LogP contribution in [0.1, 0.15) is 18.4 Å². The molecule has 0 bridgehead atoms. The number of hydrogen-bond acceptors (Lipinski definition) is 7. The third kappa shape index (κ3) is 4.07. The Hall–Kier alpha value is -3.93. The minimum Gasteiger partial charge on any atom is -0.504 e. The summed E-state index contributed by atoms with van der Waals surface area (Å²) >= 11 is 0. The normalized spacial score (nSPS) is 16.1. The van der Waals surface area contributed by atoms with Gasteiger partial charge in [0.15, 0.2) is 11.5 Å². The first-order valence-electron chi connectivity index (χ1n) is 9.19. The first-order valence-corrected chi connectivity index (χ1v) is 9.19. The van der Waals surface area contributed by atoms with Gasteiger partial charge in [-0.15, -0.1) is 0 Å². The summed E-state index contributed by atoms with van der Waals surface area (Å²) < 4.78 is 19.8. The molecule has 3 N–H and O–H groups in total. The SMILES string of the molecule is COc1cc(C2C(C#N)=C(N)OC(C)=C2C(=O)OCCn2cc[n+](C)c2)ccc1O. The number of rotatable bonds is 6. The van der Waals surface area contributed by atoms with Crippen LogP contribution in [0.5, 0.6) is 11.5 Å². The molecule has 0 fully saturated rings. The Kier molecular flexibility index (Phi) is 5.97. The Morgan fingerprint density at radius 3 is 2.87 bits per heavy atom. The first-order chi connectivity index (χ1) is 14.3. The molecule has 0 radical (unpaired) electrons. The third-order valence-electron chi connectivity index (χ3n) is 4.77. The van der Waals surface area contributed by atoms with E-state index in [1.54, 1.807) is 19.1 Å². The third-order valence-corrected chi connectivity index (χ3v) is 4.77. The van der Waals surface area contributed by atoms with E-state index in [0.29, 0.717) is 12.1 Å². The van der Waals surface area contributed by atoms with Crippen LogP contribution in [-0.2, 0) is 27.9 Å². The van der Waals surface area contributed by atoms with Crippen LogP contribution in [0.4, 0.5) is 0 Å². The van der Waals surface area contributed by atoms with Crippen molar-refractivity contribution in [2.45, 2.75) is 19.4 Å². The van der Waals surface area contributed by atoms with Crippen molar-refractivity contribution in [1.82, 2.24) is 4.57 Å². The molecule has 0 spiro atoms. The van der Waals surface area contributed by atoms with Gasteiger partial charge in [0.25, 0.3) is 0 Å². The number of carbonyl (C=O) groups excluding carboxylic acids is 1. The van der Waals surface area contributed by atoms with Crippen molar-refractivity contribution >= 4 is 5.97 Å². The molecule has 1 unspecified atom stereocenters. The fourth-order valence-corrected chi connectivity index (χ4v) is 3.31. The van der Waals surface area contributed by atoms with Crippen molar-refractivity contribution in [3.8, 4) is 17.6 Å². The Bertz CT molecular complexity index is 1080. The van der Waals surface area contributed by atoms with E-state index >= 15 is 0 Å². The molecule has 9 nitrogen and oxygen atoms in total. The maximum atomic E-state index is 12.9. The standard InChI is InChI=1S/C21H22N4O5/c1-13-18(21(27)29-9-8-25-7-6-24(2)12-25)19(15(11-22)20(23)30-13)14-4-5-16(26)17(10-14)28-3/h4-7,10,12,19H,8-9,23H2,1-3H3/p+1. The highest BCUT2D eigenvalue weighted by Crippen LogP contribution is 2.41. The van der Waals surface area contributed by atoms with Gasteiger partial charge in [0.1, 0.15) is 42.9 Å². The van der Waals surface area contributed by atoms with Gasteiger partial charge in [0.05, 0.1) is 25.6 Å². The molecule has 1 aromatic heterocycles. The number of nitrogens with zero attached hydrogens (tertiary/aromatic N) is 3. The fourth-order valence-electron chi connectivity index (χ4n) is 3.31. The van der Waals surface area contributed by atoms with E-state index in [-0.39, 0.29) is 40.9 Å². The summed E-state index contributed by atoms with van der Waals surface area (Å²) in [6, 6.07) is 6.60. The monoisotopic (exact) mass is 411 g/mol.